The summed E-state index contributed by atoms with van der Waals surface area (Å²) in [6.45, 7) is 4.98. The molecule has 0 radical (unpaired) electrons. The highest BCUT2D eigenvalue weighted by Gasteiger charge is 2.20. The predicted molar refractivity (Wildman–Crippen MR) is 67.1 cm³/mol. The molecule has 96 valence electrons. The number of benzene rings is 1. The summed E-state index contributed by atoms with van der Waals surface area (Å²) in [7, 11) is 1.87. The number of hydrogen-bond donors (Lipinski definition) is 1. The van der Waals surface area contributed by atoms with Crippen LogP contribution < -0.4 is 5.32 Å². The molecule has 0 spiro atoms. The van der Waals surface area contributed by atoms with Crippen LogP contribution in [0.15, 0.2) is 18.2 Å². The highest BCUT2D eigenvalue weighted by molar-refractivity contribution is 5.23. The molecule has 0 amide bonds. The van der Waals surface area contributed by atoms with Gasteiger partial charge in [0.2, 0.25) is 0 Å². The zero-order valence-electron chi connectivity index (χ0n) is 10.8. The van der Waals surface area contributed by atoms with E-state index < -0.39 is 11.6 Å². The summed E-state index contributed by atoms with van der Waals surface area (Å²) in [5.74, 6) is -0.372. The van der Waals surface area contributed by atoms with E-state index in [9.17, 15) is 8.78 Å². The van der Waals surface area contributed by atoms with Crippen LogP contribution >= 0.6 is 0 Å². The zero-order valence-corrected chi connectivity index (χ0v) is 10.8. The van der Waals surface area contributed by atoms with Crippen LogP contribution in [0.1, 0.15) is 38.2 Å². The van der Waals surface area contributed by atoms with E-state index in [4.69, 9.17) is 0 Å². The molecule has 0 fully saturated rings. The van der Waals surface area contributed by atoms with Gasteiger partial charge in [0.15, 0.2) is 0 Å². The van der Waals surface area contributed by atoms with Crippen LogP contribution in [0.25, 0.3) is 0 Å². The van der Waals surface area contributed by atoms with Gasteiger partial charge in [0.05, 0.1) is 0 Å². The van der Waals surface area contributed by atoms with Crippen LogP contribution in [0.2, 0.25) is 0 Å². The van der Waals surface area contributed by atoms with Gasteiger partial charge >= 0.3 is 0 Å². The average molecular weight is 241 g/mol. The Kier molecular flexibility index (Phi) is 5.56. The Labute approximate surface area is 102 Å². The van der Waals surface area contributed by atoms with Crippen molar-refractivity contribution >= 4 is 0 Å². The number of nitrogens with one attached hydrogen (secondary N) is 1. The third-order valence-electron chi connectivity index (χ3n) is 3.35. The third-order valence-corrected chi connectivity index (χ3v) is 3.35. The van der Waals surface area contributed by atoms with Crippen LogP contribution in [0.4, 0.5) is 8.78 Å². The molecule has 1 rings (SSSR count). The lowest BCUT2D eigenvalue weighted by atomic mass is 9.82. The van der Waals surface area contributed by atoms with Gasteiger partial charge in [-0.3, -0.25) is 0 Å². The molecule has 0 aliphatic carbocycles. The van der Waals surface area contributed by atoms with E-state index in [1.54, 1.807) is 0 Å². The Morgan fingerprint density at radius 3 is 2.00 bits per heavy atom. The van der Waals surface area contributed by atoms with Gasteiger partial charge in [-0.2, -0.15) is 0 Å². The Bertz CT molecular complexity index is 328. The van der Waals surface area contributed by atoms with Gasteiger partial charge in [-0.1, -0.05) is 26.7 Å². The molecule has 17 heavy (non-hydrogen) atoms. The van der Waals surface area contributed by atoms with Gasteiger partial charge in [0, 0.05) is 12.6 Å². The summed E-state index contributed by atoms with van der Waals surface area (Å²) in [6, 6.07) is 3.82. The smallest absolute Gasteiger partial charge is 0.126 e. The maximum absolute atomic E-state index is 13.2. The molecule has 0 aromatic heterocycles. The van der Waals surface area contributed by atoms with E-state index in [1.165, 1.54) is 12.1 Å². The molecule has 0 saturated carbocycles. The lowest BCUT2D eigenvalue weighted by Crippen LogP contribution is -2.24. The molecule has 0 bridgehead atoms. The van der Waals surface area contributed by atoms with Gasteiger partial charge in [0.25, 0.3) is 0 Å². The van der Waals surface area contributed by atoms with Crippen molar-refractivity contribution in [1.29, 1.82) is 0 Å². The second-order valence-corrected chi connectivity index (χ2v) is 4.44. The summed E-state index contributed by atoms with van der Waals surface area (Å²) < 4.78 is 26.5. The van der Waals surface area contributed by atoms with Crippen molar-refractivity contribution in [3.05, 3.63) is 35.4 Å². The molecule has 0 saturated heterocycles. The zero-order chi connectivity index (χ0) is 12.8. The predicted octanol–water partition coefficient (Wildman–Crippen LogP) is 3.70. The number of halogens is 2. The van der Waals surface area contributed by atoms with Crippen LogP contribution in [0, 0.1) is 17.6 Å². The molecule has 1 N–H and O–H groups in total. The van der Waals surface area contributed by atoms with Gasteiger partial charge in [-0.25, -0.2) is 8.78 Å². The average Bonchev–Trinajstić information content (AvgIpc) is 2.28. The van der Waals surface area contributed by atoms with Crippen molar-refractivity contribution in [2.75, 3.05) is 13.6 Å². The normalized spacial score (nSPS) is 13.1. The fourth-order valence-electron chi connectivity index (χ4n) is 2.42. The first-order valence-corrected chi connectivity index (χ1v) is 6.22. The largest absolute Gasteiger partial charge is 0.319 e. The van der Waals surface area contributed by atoms with Gasteiger partial charge < -0.3 is 5.32 Å². The monoisotopic (exact) mass is 241 g/mol. The van der Waals surface area contributed by atoms with Gasteiger partial charge in [-0.15, -0.1) is 0 Å². The maximum atomic E-state index is 13.2. The van der Waals surface area contributed by atoms with Crippen molar-refractivity contribution in [3.8, 4) is 0 Å². The molecule has 0 aliphatic rings. The second kappa shape index (κ2) is 6.70. The first kappa shape index (κ1) is 14.1. The topological polar surface area (TPSA) is 12.0 Å². The van der Waals surface area contributed by atoms with Crippen LogP contribution in [-0.4, -0.2) is 13.6 Å². The van der Waals surface area contributed by atoms with Crippen molar-refractivity contribution in [1.82, 2.24) is 5.32 Å². The van der Waals surface area contributed by atoms with Gasteiger partial charge in [0.1, 0.15) is 11.6 Å². The highest BCUT2D eigenvalue weighted by Crippen LogP contribution is 2.30. The fourth-order valence-corrected chi connectivity index (χ4v) is 2.42. The minimum atomic E-state index is -0.493. The van der Waals surface area contributed by atoms with Crippen LogP contribution in [0.5, 0.6) is 0 Å². The third kappa shape index (κ3) is 3.77. The Morgan fingerprint density at radius 1 is 1.06 bits per heavy atom. The molecule has 0 aliphatic heterocycles. The Hall–Kier alpha value is -0.960. The first-order valence-electron chi connectivity index (χ1n) is 6.22. The van der Waals surface area contributed by atoms with E-state index in [1.807, 2.05) is 7.05 Å². The summed E-state index contributed by atoms with van der Waals surface area (Å²) in [4.78, 5) is 0. The standard InChI is InChI=1S/C14H21F2N/c1-4-10(5-2)14(9-17-3)11-6-12(15)8-13(16)7-11/h6-8,10,14,17H,4-5,9H2,1-3H3. The Balaban J connectivity index is 3.03. The first-order chi connectivity index (χ1) is 8.12. The van der Waals surface area contributed by atoms with Crippen molar-refractivity contribution in [3.63, 3.8) is 0 Å². The van der Waals surface area contributed by atoms with E-state index >= 15 is 0 Å². The Morgan fingerprint density at radius 2 is 1.59 bits per heavy atom. The molecule has 1 aromatic carbocycles. The lowest BCUT2D eigenvalue weighted by molar-refractivity contribution is 0.385. The van der Waals surface area contributed by atoms with E-state index in [0.29, 0.717) is 5.92 Å². The van der Waals surface area contributed by atoms with Crippen molar-refractivity contribution in [2.24, 2.45) is 5.92 Å². The summed E-state index contributed by atoms with van der Waals surface area (Å²) in [5.41, 5.74) is 0.755. The minimum absolute atomic E-state index is 0.167. The number of likely N-dealkylation sites (N-methyl/N-ethyl adjacent to an activating group) is 1. The van der Waals surface area contributed by atoms with Crippen molar-refractivity contribution in [2.45, 2.75) is 32.6 Å². The van der Waals surface area contributed by atoms with Crippen LogP contribution in [0.3, 0.4) is 0 Å². The molecule has 1 atom stereocenters. The molecular formula is C14H21F2N. The minimum Gasteiger partial charge on any atom is -0.319 e. The van der Waals surface area contributed by atoms with Crippen LogP contribution in [-0.2, 0) is 0 Å². The fraction of sp³-hybridized carbons (Fsp3) is 0.571. The molecular weight excluding hydrogens is 220 g/mol. The van der Waals surface area contributed by atoms with E-state index in [0.717, 1.165) is 31.0 Å². The molecule has 1 unspecified atom stereocenters. The molecule has 1 aromatic rings. The van der Waals surface area contributed by atoms with Crippen molar-refractivity contribution < 1.29 is 8.78 Å². The maximum Gasteiger partial charge on any atom is 0.126 e. The summed E-state index contributed by atoms with van der Waals surface area (Å²) in [5, 5.41) is 3.11. The van der Waals surface area contributed by atoms with Gasteiger partial charge in [-0.05, 0) is 36.6 Å². The summed E-state index contributed by atoms with van der Waals surface area (Å²) >= 11 is 0. The highest BCUT2D eigenvalue weighted by atomic mass is 19.1. The molecule has 0 heterocycles. The number of rotatable bonds is 6. The SMILES string of the molecule is CCC(CC)C(CNC)c1cc(F)cc(F)c1. The van der Waals surface area contributed by atoms with E-state index in [2.05, 4.69) is 19.2 Å². The second-order valence-electron chi connectivity index (χ2n) is 4.44. The lowest BCUT2D eigenvalue weighted by Gasteiger charge is -2.25. The molecule has 1 nitrogen and oxygen atoms in total. The quantitative estimate of drug-likeness (QED) is 0.800. The van der Waals surface area contributed by atoms with E-state index in [-0.39, 0.29) is 5.92 Å². The molecule has 3 heteroatoms. The summed E-state index contributed by atoms with van der Waals surface area (Å²) in [6.07, 6.45) is 2.03. The number of hydrogen-bond acceptors (Lipinski definition) is 1.